The molecule has 7 nitrogen and oxygen atoms in total. The second-order valence-corrected chi connectivity index (χ2v) is 12.1. The maximum absolute atomic E-state index is 13.7. The molecule has 0 bridgehead atoms. The fraction of sp³-hybridized carbons (Fsp3) is 0.680. The maximum Gasteiger partial charge on any atom is 0.438 e. The molecule has 1 aromatic carbocycles. The first-order valence-electron chi connectivity index (χ1n) is 12.9. The number of hydrogen-bond acceptors (Lipinski definition) is 6. The van der Waals surface area contributed by atoms with E-state index >= 15 is 0 Å². The zero-order chi connectivity index (χ0) is 31.0. The van der Waals surface area contributed by atoms with Crippen LogP contribution in [0.5, 0.6) is 5.75 Å². The molecule has 0 saturated heterocycles. The molecule has 2 aliphatic rings. The van der Waals surface area contributed by atoms with Crippen LogP contribution in [-0.4, -0.2) is 64.3 Å². The summed E-state index contributed by atoms with van der Waals surface area (Å²) < 4.78 is 123. The Labute approximate surface area is 236 Å². The van der Waals surface area contributed by atoms with E-state index in [-0.39, 0.29) is 37.7 Å². The van der Waals surface area contributed by atoms with Crippen LogP contribution >= 0.6 is 0 Å². The van der Waals surface area contributed by atoms with Gasteiger partial charge in [-0.05, 0) is 55.6 Å². The smallest absolute Gasteiger partial charge is 0.438 e. The quantitative estimate of drug-likeness (QED) is 0.154. The number of ether oxygens (including phenoxy) is 2. The molecular formula is C25H28B2F6O7S. The number of carbonyl (C=O) groups excluding carboxylic acids is 2. The number of rotatable bonds is 8. The Balaban J connectivity index is 1.89. The molecule has 1 N–H and O–H groups in total. The van der Waals surface area contributed by atoms with Gasteiger partial charge >= 0.3 is 29.9 Å². The summed E-state index contributed by atoms with van der Waals surface area (Å²) in [6.07, 6.45) is -11.3. The van der Waals surface area contributed by atoms with Crippen molar-refractivity contribution in [2.75, 3.05) is 5.75 Å². The summed E-state index contributed by atoms with van der Waals surface area (Å²) in [7, 11) is 5.59. The second kappa shape index (κ2) is 12.2. The van der Waals surface area contributed by atoms with Crippen LogP contribution in [-0.2, 0) is 37.1 Å². The summed E-state index contributed by atoms with van der Waals surface area (Å²) in [5, 5.41) is 0. The first-order chi connectivity index (χ1) is 18.8. The van der Waals surface area contributed by atoms with Crippen LogP contribution < -0.4 is 4.74 Å². The largest absolute Gasteiger partial charge is 0.438 e. The van der Waals surface area contributed by atoms with Crippen molar-refractivity contribution in [3.05, 3.63) is 28.8 Å². The van der Waals surface area contributed by atoms with Gasteiger partial charge in [0.05, 0.1) is 27.5 Å². The van der Waals surface area contributed by atoms with E-state index < -0.39 is 69.4 Å². The van der Waals surface area contributed by atoms with E-state index in [1.54, 1.807) is 19.1 Å². The average molecular weight is 608 g/mol. The van der Waals surface area contributed by atoms with Crippen molar-refractivity contribution in [1.82, 2.24) is 0 Å². The lowest BCUT2D eigenvalue weighted by Crippen LogP contribution is -2.64. The van der Waals surface area contributed by atoms with Gasteiger partial charge < -0.3 is 9.47 Å². The Kier molecular flexibility index (Phi) is 9.89. The Morgan fingerprint density at radius 3 is 1.85 bits per heavy atom. The molecule has 0 aromatic heterocycles. The van der Waals surface area contributed by atoms with Crippen molar-refractivity contribution in [2.45, 2.75) is 76.0 Å². The number of hydrogen-bond donors (Lipinski definition) is 1. The Morgan fingerprint density at radius 1 is 0.902 bits per heavy atom. The number of aryl methyl sites for hydroxylation is 1. The molecule has 1 aromatic rings. The van der Waals surface area contributed by atoms with Gasteiger partial charge in [0.25, 0.3) is 10.1 Å². The van der Waals surface area contributed by atoms with Gasteiger partial charge in [0.2, 0.25) is 0 Å². The highest BCUT2D eigenvalue weighted by Crippen LogP contribution is 2.51. The number of esters is 2. The van der Waals surface area contributed by atoms with Crippen LogP contribution in [0.4, 0.5) is 26.3 Å². The van der Waals surface area contributed by atoms with Crippen LogP contribution in [0.15, 0.2) is 12.1 Å². The highest BCUT2D eigenvalue weighted by Gasteiger charge is 2.76. The third-order valence-corrected chi connectivity index (χ3v) is 8.71. The molecule has 3 rings (SSSR count). The lowest BCUT2D eigenvalue weighted by atomic mass is 9.61. The van der Waals surface area contributed by atoms with Crippen molar-refractivity contribution < 1.29 is 58.4 Å². The van der Waals surface area contributed by atoms with E-state index in [9.17, 15) is 44.3 Å². The van der Waals surface area contributed by atoms with E-state index in [0.717, 1.165) is 5.56 Å². The predicted octanol–water partition coefficient (Wildman–Crippen LogP) is 4.36. The van der Waals surface area contributed by atoms with E-state index in [4.69, 9.17) is 25.0 Å². The van der Waals surface area contributed by atoms with Crippen LogP contribution in [0.25, 0.3) is 0 Å². The predicted molar refractivity (Wildman–Crippen MR) is 135 cm³/mol. The van der Waals surface area contributed by atoms with Gasteiger partial charge in [-0.25, -0.2) is 0 Å². The molecule has 2 saturated carbocycles. The number of benzene rings is 1. The number of carbonyl (C=O) groups is 2. The fourth-order valence-electron chi connectivity index (χ4n) is 6.08. The molecule has 0 spiro atoms. The first kappa shape index (κ1) is 33.3. The van der Waals surface area contributed by atoms with Crippen molar-refractivity contribution in [3.8, 4) is 5.75 Å². The van der Waals surface area contributed by atoms with Crippen LogP contribution in [0, 0.1) is 30.6 Å². The Bertz CT molecular complexity index is 1240. The van der Waals surface area contributed by atoms with Gasteiger partial charge in [-0.1, -0.05) is 43.2 Å². The molecule has 0 amide bonds. The molecule has 41 heavy (non-hydrogen) atoms. The molecule has 0 aliphatic heterocycles. The second-order valence-electron chi connectivity index (χ2n) is 10.6. The molecule has 0 heterocycles. The molecule has 2 aliphatic carbocycles. The van der Waals surface area contributed by atoms with Crippen molar-refractivity contribution in [3.63, 3.8) is 0 Å². The molecule has 4 unspecified atom stereocenters. The minimum absolute atomic E-state index is 0.0334. The molecule has 4 radical (unpaired) electrons. The van der Waals surface area contributed by atoms with Gasteiger partial charge in [-0.3, -0.25) is 14.1 Å². The monoisotopic (exact) mass is 608 g/mol. The van der Waals surface area contributed by atoms with Crippen LogP contribution in [0.3, 0.4) is 0 Å². The number of halogens is 6. The fourth-order valence-corrected chi connectivity index (χ4v) is 6.98. The molecular weight excluding hydrogens is 580 g/mol. The molecule has 4 atom stereocenters. The lowest BCUT2D eigenvalue weighted by Gasteiger charge is -2.45. The normalized spacial score (nSPS) is 23.9. The van der Waals surface area contributed by atoms with E-state index in [1.807, 2.05) is 0 Å². The zero-order valence-electron chi connectivity index (χ0n) is 22.1. The molecule has 16 heteroatoms. The molecule has 224 valence electrons. The summed E-state index contributed by atoms with van der Waals surface area (Å²) in [5.41, 5.74) is -3.60. The standard InChI is InChI=1S/C25H28B2F6O7S/c1-13-8-14(10-26)9-15(11-27)20(13)39-21(34)18-6-2-5-17-16(18)4-3-7-19(17)22(35)40-23(24(28,29)30,25(31,32)33)12-41(36,37)38/h8-9,16-19H,2-7,10-12H2,1H3,(H,36,37,38). The van der Waals surface area contributed by atoms with Crippen molar-refractivity contribution >= 4 is 37.7 Å². The van der Waals surface area contributed by atoms with Crippen molar-refractivity contribution in [1.29, 1.82) is 0 Å². The first-order valence-corrected chi connectivity index (χ1v) is 14.5. The van der Waals surface area contributed by atoms with Gasteiger partial charge in [-0.15, -0.1) is 0 Å². The highest BCUT2D eigenvalue weighted by atomic mass is 32.2. The minimum Gasteiger partial charge on any atom is -0.438 e. The van der Waals surface area contributed by atoms with Gasteiger partial charge in [-0.2, -0.15) is 34.8 Å². The van der Waals surface area contributed by atoms with Gasteiger partial charge in [0, 0.05) is 0 Å². The van der Waals surface area contributed by atoms with Crippen LogP contribution in [0.2, 0.25) is 0 Å². The Hall–Kier alpha value is -2.22. The maximum atomic E-state index is 13.7. The third-order valence-electron chi connectivity index (χ3n) is 7.94. The summed E-state index contributed by atoms with van der Waals surface area (Å²) >= 11 is 0. The zero-order valence-corrected chi connectivity index (χ0v) is 22.9. The van der Waals surface area contributed by atoms with E-state index in [2.05, 4.69) is 4.74 Å². The van der Waals surface area contributed by atoms with Crippen LogP contribution in [0.1, 0.15) is 55.2 Å². The minimum atomic E-state index is -6.41. The van der Waals surface area contributed by atoms with Gasteiger partial charge in [0.1, 0.15) is 11.5 Å². The molecule has 2 fully saturated rings. The van der Waals surface area contributed by atoms with Crippen molar-refractivity contribution in [2.24, 2.45) is 23.7 Å². The summed E-state index contributed by atoms with van der Waals surface area (Å²) in [4.78, 5) is 26.3. The topological polar surface area (TPSA) is 107 Å². The average Bonchev–Trinajstić information content (AvgIpc) is 2.86. The van der Waals surface area contributed by atoms with Gasteiger partial charge in [0.15, 0.2) is 0 Å². The van der Waals surface area contributed by atoms with E-state index in [0.29, 0.717) is 30.4 Å². The number of alkyl halides is 6. The summed E-state index contributed by atoms with van der Waals surface area (Å²) in [5.74, 6) is -8.99. The highest BCUT2D eigenvalue weighted by molar-refractivity contribution is 7.85. The van der Waals surface area contributed by atoms with E-state index in [1.165, 1.54) is 0 Å². The Morgan fingerprint density at radius 2 is 1.41 bits per heavy atom. The summed E-state index contributed by atoms with van der Waals surface area (Å²) in [6, 6.07) is 3.41. The third kappa shape index (κ3) is 7.06. The SMILES string of the molecule is [B]Cc1cc(C)c(OC(=O)C2CCCC3C(C(=O)OC(CS(=O)(=O)O)(C(F)(F)F)C(F)(F)F)CCCC23)c(C[B])c1. The summed E-state index contributed by atoms with van der Waals surface area (Å²) in [6.45, 7) is 1.69. The number of fused-ring (bicyclic) bond motifs is 1. The lowest BCUT2D eigenvalue weighted by molar-refractivity contribution is -0.362.